The van der Waals surface area contributed by atoms with Gasteiger partial charge in [0.2, 0.25) is 0 Å². The lowest BCUT2D eigenvalue weighted by Gasteiger charge is -2.08. The molecule has 0 radical (unpaired) electrons. The minimum atomic E-state index is -0.988. The molecule has 2 heterocycles. The largest absolute Gasteiger partial charge is 0.493 e. The van der Waals surface area contributed by atoms with E-state index in [1.165, 1.54) is 12.8 Å². The first-order chi connectivity index (χ1) is 13.2. The van der Waals surface area contributed by atoms with Gasteiger partial charge in [-0.3, -0.25) is 4.57 Å². The summed E-state index contributed by atoms with van der Waals surface area (Å²) in [6.07, 6.45) is 4.21. The molecule has 1 aliphatic carbocycles. The molecule has 27 heavy (non-hydrogen) atoms. The molecule has 1 aliphatic rings. The number of hydrogen-bond acceptors (Lipinski definition) is 4. The van der Waals surface area contributed by atoms with Crippen LogP contribution in [0.4, 0.5) is 0 Å². The topological polar surface area (TPSA) is 77.2 Å². The molecular weight excluding hydrogens is 342 g/mol. The zero-order valence-corrected chi connectivity index (χ0v) is 14.5. The van der Waals surface area contributed by atoms with Crippen molar-refractivity contribution >= 4 is 27.9 Å². The Hall–Kier alpha value is -3.41. The summed E-state index contributed by atoms with van der Waals surface area (Å²) in [5.74, 6) is 1.16. The fourth-order valence-corrected chi connectivity index (χ4v) is 3.21. The van der Waals surface area contributed by atoms with Crippen molar-refractivity contribution < 1.29 is 14.6 Å². The first-order valence-electron chi connectivity index (χ1n) is 8.92. The highest BCUT2D eigenvalue weighted by atomic mass is 16.5. The van der Waals surface area contributed by atoms with Crippen LogP contribution in [0.3, 0.4) is 0 Å². The van der Waals surface area contributed by atoms with Crippen LogP contribution < -0.4 is 4.74 Å². The minimum absolute atomic E-state index is 0.189. The Balaban J connectivity index is 1.56. The molecule has 5 rings (SSSR count). The van der Waals surface area contributed by atoms with Crippen LogP contribution in [-0.4, -0.2) is 32.2 Å². The Morgan fingerprint density at radius 1 is 1.19 bits per heavy atom. The number of aromatic carboxylic acids is 1. The van der Waals surface area contributed by atoms with Crippen LogP contribution in [0.2, 0.25) is 0 Å². The van der Waals surface area contributed by atoms with Crippen molar-refractivity contribution in [3.8, 4) is 11.6 Å². The Morgan fingerprint density at radius 3 is 2.89 bits per heavy atom. The second-order valence-corrected chi connectivity index (χ2v) is 6.87. The molecule has 0 bridgehead atoms. The molecule has 2 aromatic heterocycles. The van der Waals surface area contributed by atoms with Gasteiger partial charge >= 0.3 is 5.97 Å². The lowest BCUT2D eigenvalue weighted by atomic mass is 10.1. The second kappa shape index (κ2) is 6.09. The predicted octanol–water partition coefficient (Wildman–Crippen LogP) is 4.06. The molecule has 0 unspecified atom stereocenters. The number of fused-ring (bicyclic) bond motifs is 2. The Labute approximate surface area is 155 Å². The zero-order chi connectivity index (χ0) is 18.4. The van der Waals surface area contributed by atoms with Gasteiger partial charge in [0.25, 0.3) is 0 Å². The van der Waals surface area contributed by atoms with Crippen LogP contribution >= 0.6 is 0 Å². The van der Waals surface area contributed by atoms with Gasteiger partial charge in [-0.2, -0.15) is 0 Å². The van der Waals surface area contributed by atoms with Crippen molar-refractivity contribution in [2.45, 2.75) is 12.8 Å². The second-order valence-electron chi connectivity index (χ2n) is 6.87. The van der Waals surface area contributed by atoms with E-state index in [0.29, 0.717) is 17.3 Å². The van der Waals surface area contributed by atoms with Gasteiger partial charge in [-0.05, 0) is 49.1 Å². The van der Waals surface area contributed by atoms with Crippen molar-refractivity contribution in [1.82, 2.24) is 14.5 Å². The summed E-state index contributed by atoms with van der Waals surface area (Å²) in [4.78, 5) is 20.6. The SMILES string of the molecule is O=C(O)c1cccc2ccc(-n3cnc4cc(OCC5CC5)ccc43)nc12. The predicted molar refractivity (Wildman–Crippen MR) is 102 cm³/mol. The summed E-state index contributed by atoms with van der Waals surface area (Å²) in [5.41, 5.74) is 2.37. The van der Waals surface area contributed by atoms with Gasteiger partial charge in [0.15, 0.2) is 0 Å². The van der Waals surface area contributed by atoms with Crippen molar-refractivity contribution in [2.75, 3.05) is 6.61 Å². The molecule has 1 N–H and O–H groups in total. The quantitative estimate of drug-likeness (QED) is 0.581. The van der Waals surface area contributed by atoms with Crippen LogP contribution in [0.1, 0.15) is 23.2 Å². The molecule has 6 nitrogen and oxygen atoms in total. The van der Waals surface area contributed by atoms with E-state index in [-0.39, 0.29) is 5.56 Å². The number of carboxylic acids is 1. The first-order valence-corrected chi connectivity index (χ1v) is 8.92. The van der Waals surface area contributed by atoms with E-state index in [2.05, 4.69) is 9.97 Å². The summed E-state index contributed by atoms with van der Waals surface area (Å²) < 4.78 is 7.68. The maximum atomic E-state index is 11.5. The summed E-state index contributed by atoms with van der Waals surface area (Å²) >= 11 is 0. The fraction of sp³-hybridized carbons (Fsp3) is 0.190. The highest BCUT2D eigenvalue weighted by molar-refractivity contribution is 6.02. The van der Waals surface area contributed by atoms with Crippen LogP contribution in [0, 0.1) is 5.92 Å². The van der Waals surface area contributed by atoms with Crippen LogP contribution in [0.5, 0.6) is 5.75 Å². The maximum Gasteiger partial charge on any atom is 0.337 e. The van der Waals surface area contributed by atoms with E-state index < -0.39 is 5.97 Å². The van der Waals surface area contributed by atoms with E-state index >= 15 is 0 Å². The van der Waals surface area contributed by atoms with E-state index in [1.807, 2.05) is 41.0 Å². The monoisotopic (exact) mass is 359 g/mol. The molecule has 1 saturated carbocycles. The maximum absolute atomic E-state index is 11.5. The van der Waals surface area contributed by atoms with Gasteiger partial charge in [0.1, 0.15) is 17.9 Å². The summed E-state index contributed by atoms with van der Waals surface area (Å²) in [7, 11) is 0. The van der Waals surface area contributed by atoms with Gasteiger partial charge in [-0.1, -0.05) is 12.1 Å². The lowest BCUT2D eigenvalue weighted by Crippen LogP contribution is -2.02. The number of pyridine rings is 1. The molecule has 134 valence electrons. The average Bonchev–Trinajstić information content (AvgIpc) is 3.42. The third-order valence-corrected chi connectivity index (χ3v) is 4.88. The smallest absolute Gasteiger partial charge is 0.337 e. The fourth-order valence-electron chi connectivity index (χ4n) is 3.21. The standard InChI is InChI=1S/C21H17N3O3/c25-21(26)16-3-1-2-14-6-9-19(23-20(14)16)24-12-22-17-10-15(7-8-18(17)24)27-11-13-4-5-13/h1-3,6-10,12-13H,4-5,11H2,(H,25,26). The Bertz CT molecular complexity index is 1180. The third-order valence-electron chi connectivity index (χ3n) is 4.88. The average molecular weight is 359 g/mol. The lowest BCUT2D eigenvalue weighted by molar-refractivity contribution is 0.0699. The van der Waals surface area contributed by atoms with E-state index in [4.69, 9.17) is 4.74 Å². The highest BCUT2D eigenvalue weighted by Crippen LogP contribution is 2.30. The number of para-hydroxylation sites is 1. The van der Waals surface area contributed by atoms with Crippen LogP contribution in [-0.2, 0) is 0 Å². The molecule has 0 aliphatic heterocycles. The van der Waals surface area contributed by atoms with E-state index in [0.717, 1.165) is 28.8 Å². The summed E-state index contributed by atoms with van der Waals surface area (Å²) in [6, 6.07) is 14.7. The Kier molecular flexibility index (Phi) is 3.57. The van der Waals surface area contributed by atoms with Gasteiger partial charge in [0, 0.05) is 11.5 Å². The number of nitrogens with zero attached hydrogens (tertiary/aromatic N) is 3. The number of carbonyl (C=O) groups is 1. The van der Waals surface area contributed by atoms with Crippen molar-refractivity contribution in [3.05, 3.63) is 60.4 Å². The van der Waals surface area contributed by atoms with Crippen molar-refractivity contribution in [3.63, 3.8) is 0 Å². The third kappa shape index (κ3) is 2.89. The first kappa shape index (κ1) is 15.8. The van der Waals surface area contributed by atoms with Gasteiger partial charge in [-0.25, -0.2) is 14.8 Å². The normalized spacial score (nSPS) is 13.9. The van der Waals surface area contributed by atoms with E-state index in [9.17, 15) is 9.90 Å². The van der Waals surface area contributed by atoms with Gasteiger partial charge < -0.3 is 9.84 Å². The number of ether oxygens (including phenoxy) is 1. The molecule has 4 aromatic rings. The minimum Gasteiger partial charge on any atom is -0.493 e. The van der Waals surface area contributed by atoms with Crippen LogP contribution in [0.15, 0.2) is 54.9 Å². The molecule has 2 aromatic carbocycles. The molecule has 6 heteroatoms. The molecule has 1 fully saturated rings. The Morgan fingerprint density at radius 2 is 2.07 bits per heavy atom. The van der Waals surface area contributed by atoms with Gasteiger partial charge in [-0.15, -0.1) is 0 Å². The van der Waals surface area contributed by atoms with Crippen LogP contribution in [0.25, 0.3) is 27.8 Å². The molecule has 0 amide bonds. The van der Waals surface area contributed by atoms with Gasteiger partial charge in [0.05, 0.1) is 28.7 Å². The number of carboxylic acid groups (broad SMARTS) is 1. The molecular formula is C21H17N3O3. The molecule has 0 spiro atoms. The number of benzene rings is 2. The molecule has 0 saturated heterocycles. The van der Waals surface area contributed by atoms with Crippen molar-refractivity contribution in [1.29, 1.82) is 0 Å². The number of imidazole rings is 1. The number of rotatable bonds is 5. The van der Waals surface area contributed by atoms with E-state index in [1.54, 1.807) is 18.5 Å². The number of hydrogen-bond donors (Lipinski definition) is 1. The zero-order valence-electron chi connectivity index (χ0n) is 14.5. The van der Waals surface area contributed by atoms with Crippen molar-refractivity contribution in [2.24, 2.45) is 5.92 Å². The summed E-state index contributed by atoms with van der Waals surface area (Å²) in [5, 5.41) is 10.2. The highest BCUT2D eigenvalue weighted by Gasteiger charge is 2.22. The summed E-state index contributed by atoms with van der Waals surface area (Å²) in [6.45, 7) is 0.760. The number of aromatic nitrogens is 3. The molecule has 0 atom stereocenters.